The van der Waals surface area contributed by atoms with Crippen LogP contribution in [0, 0.1) is 0 Å². The fourth-order valence-corrected chi connectivity index (χ4v) is 1.82. The summed E-state index contributed by atoms with van der Waals surface area (Å²) in [5.41, 5.74) is 3.64. The van der Waals surface area contributed by atoms with Crippen molar-refractivity contribution >= 4 is 22.1 Å². The van der Waals surface area contributed by atoms with E-state index in [0.717, 1.165) is 34.3 Å². The molecule has 0 amide bonds. The van der Waals surface area contributed by atoms with Crippen molar-refractivity contribution in [2.45, 2.75) is 6.54 Å². The number of rotatable bonds is 2. The van der Waals surface area contributed by atoms with Gasteiger partial charge in [0.1, 0.15) is 11.1 Å². The van der Waals surface area contributed by atoms with Crippen LogP contribution in [0.5, 0.6) is 0 Å². The van der Waals surface area contributed by atoms with Gasteiger partial charge in [0.2, 0.25) is 0 Å². The van der Waals surface area contributed by atoms with Crippen LogP contribution in [0.15, 0.2) is 28.7 Å². The lowest BCUT2D eigenvalue weighted by atomic mass is 10.2. The summed E-state index contributed by atoms with van der Waals surface area (Å²) in [6, 6.07) is 7.93. The van der Waals surface area contributed by atoms with Gasteiger partial charge in [-0.25, -0.2) is 0 Å². The maximum Gasteiger partial charge on any atom is 0.177 e. The summed E-state index contributed by atoms with van der Waals surface area (Å²) in [6.07, 6.45) is 0. The van der Waals surface area contributed by atoms with Crippen molar-refractivity contribution in [3.05, 3.63) is 30.0 Å². The molecule has 0 aliphatic heterocycles. The Morgan fingerprint density at radius 3 is 3.13 bits per heavy atom. The fraction of sp³-hybridized carbons (Fsp3) is 0.182. The number of para-hydroxylation sites is 1. The van der Waals surface area contributed by atoms with Crippen molar-refractivity contribution < 1.29 is 4.42 Å². The molecule has 0 aliphatic carbocycles. The molecule has 4 nitrogen and oxygen atoms in total. The van der Waals surface area contributed by atoms with Gasteiger partial charge in [-0.05, 0) is 19.2 Å². The van der Waals surface area contributed by atoms with E-state index < -0.39 is 0 Å². The normalized spacial score (nSPS) is 11.5. The number of H-pyrrole nitrogens is 1. The summed E-state index contributed by atoms with van der Waals surface area (Å²) in [7, 11) is 1.90. The molecule has 0 fully saturated rings. The van der Waals surface area contributed by atoms with Gasteiger partial charge in [-0.3, -0.25) is 5.10 Å². The van der Waals surface area contributed by atoms with Gasteiger partial charge >= 0.3 is 0 Å². The van der Waals surface area contributed by atoms with E-state index in [1.54, 1.807) is 0 Å². The van der Waals surface area contributed by atoms with Gasteiger partial charge in [0.15, 0.2) is 5.58 Å². The minimum atomic E-state index is 0.732. The first-order valence-corrected chi connectivity index (χ1v) is 4.89. The monoisotopic (exact) mass is 201 g/mol. The zero-order valence-corrected chi connectivity index (χ0v) is 8.37. The maximum absolute atomic E-state index is 5.74. The molecule has 0 spiro atoms. The number of aromatic amines is 1. The standard InChI is InChI=1S/C11H11N3O/c1-12-6-8-11-10(14-13-8)7-4-2-3-5-9(7)15-11/h2-5,12H,6H2,1H3,(H,13,14). The molecule has 2 aromatic heterocycles. The summed E-state index contributed by atoms with van der Waals surface area (Å²) < 4.78 is 5.74. The van der Waals surface area contributed by atoms with Crippen LogP contribution in [0.3, 0.4) is 0 Å². The lowest BCUT2D eigenvalue weighted by molar-refractivity contribution is 0.654. The molecule has 0 saturated carbocycles. The number of aromatic nitrogens is 2. The third-order valence-electron chi connectivity index (χ3n) is 2.50. The number of nitrogens with zero attached hydrogens (tertiary/aromatic N) is 1. The quantitative estimate of drug-likeness (QED) is 0.667. The highest BCUT2D eigenvalue weighted by Gasteiger charge is 2.12. The predicted octanol–water partition coefficient (Wildman–Crippen LogP) is 2.03. The molecule has 3 aromatic rings. The fourth-order valence-electron chi connectivity index (χ4n) is 1.82. The number of hydrogen-bond donors (Lipinski definition) is 2. The van der Waals surface area contributed by atoms with Gasteiger partial charge in [0.25, 0.3) is 0 Å². The highest BCUT2D eigenvalue weighted by atomic mass is 16.3. The molecular weight excluding hydrogens is 190 g/mol. The zero-order chi connectivity index (χ0) is 10.3. The molecule has 0 unspecified atom stereocenters. The summed E-state index contributed by atoms with van der Waals surface area (Å²) in [5, 5.41) is 11.4. The van der Waals surface area contributed by atoms with E-state index in [0.29, 0.717) is 0 Å². The van der Waals surface area contributed by atoms with Crippen LogP contribution in [-0.4, -0.2) is 17.2 Å². The van der Waals surface area contributed by atoms with Crippen molar-refractivity contribution in [1.29, 1.82) is 0 Å². The first-order valence-electron chi connectivity index (χ1n) is 4.89. The van der Waals surface area contributed by atoms with Crippen LogP contribution in [-0.2, 0) is 6.54 Å². The molecule has 2 N–H and O–H groups in total. The van der Waals surface area contributed by atoms with E-state index >= 15 is 0 Å². The molecule has 3 rings (SSSR count). The highest BCUT2D eigenvalue weighted by molar-refractivity contribution is 6.03. The van der Waals surface area contributed by atoms with Crippen LogP contribution in [0.2, 0.25) is 0 Å². The lowest BCUT2D eigenvalue weighted by Gasteiger charge is -1.92. The Morgan fingerprint density at radius 2 is 2.27 bits per heavy atom. The molecule has 1 aromatic carbocycles. The van der Waals surface area contributed by atoms with Gasteiger partial charge in [0.05, 0.1) is 5.69 Å². The molecular formula is C11H11N3O. The molecule has 2 heterocycles. The molecule has 0 saturated heterocycles. The van der Waals surface area contributed by atoms with Crippen LogP contribution in [0.4, 0.5) is 0 Å². The number of furan rings is 1. The smallest absolute Gasteiger partial charge is 0.177 e. The molecule has 0 aliphatic rings. The van der Waals surface area contributed by atoms with Crippen molar-refractivity contribution in [2.24, 2.45) is 0 Å². The van der Waals surface area contributed by atoms with Gasteiger partial charge < -0.3 is 9.73 Å². The Labute approximate surface area is 86.3 Å². The third kappa shape index (κ3) is 1.15. The van der Waals surface area contributed by atoms with E-state index in [-0.39, 0.29) is 0 Å². The Morgan fingerprint density at radius 1 is 1.40 bits per heavy atom. The van der Waals surface area contributed by atoms with Crippen molar-refractivity contribution in [1.82, 2.24) is 15.5 Å². The summed E-state index contributed by atoms with van der Waals surface area (Å²) >= 11 is 0. The summed E-state index contributed by atoms with van der Waals surface area (Å²) in [5.74, 6) is 0. The van der Waals surface area contributed by atoms with Gasteiger partial charge in [-0.2, -0.15) is 5.10 Å². The number of benzene rings is 1. The van der Waals surface area contributed by atoms with Crippen LogP contribution < -0.4 is 5.32 Å². The topological polar surface area (TPSA) is 53.9 Å². The van der Waals surface area contributed by atoms with E-state index in [1.165, 1.54) is 0 Å². The van der Waals surface area contributed by atoms with Crippen molar-refractivity contribution in [3.63, 3.8) is 0 Å². The van der Waals surface area contributed by atoms with E-state index in [9.17, 15) is 0 Å². The molecule has 0 atom stereocenters. The van der Waals surface area contributed by atoms with Gasteiger partial charge in [-0.15, -0.1) is 0 Å². The van der Waals surface area contributed by atoms with Gasteiger partial charge in [0, 0.05) is 11.9 Å². The Hall–Kier alpha value is -1.81. The van der Waals surface area contributed by atoms with E-state index in [2.05, 4.69) is 15.5 Å². The molecule has 15 heavy (non-hydrogen) atoms. The summed E-state index contributed by atoms with van der Waals surface area (Å²) in [4.78, 5) is 0. The van der Waals surface area contributed by atoms with Gasteiger partial charge in [-0.1, -0.05) is 12.1 Å². The lowest BCUT2D eigenvalue weighted by Crippen LogP contribution is -2.05. The first-order chi connectivity index (χ1) is 7.40. The Bertz CT molecular complexity index is 608. The second-order valence-corrected chi connectivity index (χ2v) is 3.51. The van der Waals surface area contributed by atoms with E-state index in [1.807, 2.05) is 31.3 Å². The largest absolute Gasteiger partial charge is 0.452 e. The van der Waals surface area contributed by atoms with Crippen LogP contribution in [0.25, 0.3) is 22.1 Å². The Balaban J connectivity index is 2.35. The average molecular weight is 201 g/mol. The second kappa shape index (κ2) is 3.10. The average Bonchev–Trinajstić information content (AvgIpc) is 2.79. The maximum atomic E-state index is 5.74. The molecule has 76 valence electrons. The number of hydrogen-bond acceptors (Lipinski definition) is 3. The zero-order valence-electron chi connectivity index (χ0n) is 8.37. The Kier molecular flexibility index (Phi) is 1.76. The van der Waals surface area contributed by atoms with E-state index in [4.69, 9.17) is 4.42 Å². The molecule has 4 heteroatoms. The number of fused-ring (bicyclic) bond motifs is 3. The second-order valence-electron chi connectivity index (χ2n) is 3.51. The third-order valence-corrected chi connectivity index (χ3v) is 2.50. The van der Waals surface area contributed by atoms with Crippen molar-refractivity contribution in [3.8, 4) is 0 Å². The minimum absolute atomic E-state index is 0.732. The minimum Gasteiger partial charge on any atom is -0.452 e. The summed E-state index contributed by atoms with van der Waals surface area (Å²) in [6.45, 7) is 0.732. The highest BCUT2D eigenvalue weighted by Crippen LogP contribution is 2.28. The van der Waals surface area contributed by atoms with Crippen LogP contribution >= 0.6 is 0 Å². The predicted molar refractivity (Wildman–Crippen MR) is 58.6 cm³/mol. The van der Waals surface area contributed by atoms with Crippen LogP contribution in [0.1, 0.15) is 5.69 Å². The number of nitrogens with one attached hydrogen (secondary N) is 2. The molecule has 0 radical (unpaired) electrons. The SMILES string of the molecule is CNCc1[nH]nc2c1oc1ccccc12. The van der Waals surface area contributed by atoms with Crippen molar-refractivity contribution in [2.75, 3.05) is 7.05 Å². The first kappa shape index (κ1) is 8.49. The molecule has 0 bridgehead atoms.